The molecule has 1 amide bonds. The van der Waals surface area contributed by atoms with Crippen molar-refractivity contribution in [2.24, 2.45) is 5.41 Å². The molecule has 0 bridgehead atoms. The summed E-state index contributed by atoms with van der Waals surface area (Å²) in [5.41, 5.74) is 0.385. The van der Waals surface area contributed by atoms with Crippen LogP contribution in [0.5, 0.6) is 0 Å². The van der Waals surface area contributed by atoms with Crippen LogP contribution in [0, 0.1) is 5.41 Å². The van der Waals surface area contributed by atoms with E-state index in [2.05, 4.69) is 11.5 Å². The second-order valence-electron chi connectivity index (χ2n) is 8.26. The van der Waals surface area contributed by atoms with E-state index in [1.807, 2.05) is 33.8 Å². The highest BCUT2D eigenvalue weighted by molar-refractivity contribution is 6.31. The Kier molecular flexibility index (Phi) is 6.43. The Morgan fingerprint density at radius 3 is 2.31 bits per heavy atom. The zero-order valence-corrected chi connectivity index (χ0v) is 17.0. The molecule has 0 aromatic rings. The molecule has 6 heteroatoms. The van der Waals surface area contributed by atoms with Crippen molar-refractivity contribution in [2.45, 2.75) is 52.6 Å². The van der Waals surface area contributed by atoms with Gasteiger partial charge in [-0.25, -0.2) is 9.18 Å². The maximum Gasteiger partial charge on any atom is 0.410 e. The highest BCUT2D eigenvalue weighted by Gasteiger charge is 2.46. The molecule has 2 rings (SSSR count). The van der Waals surface area contributed by atoms with Crippen LogP contribution in [0.4, 0.5) is 9.18 Å². The first-order chi connectivity index (χ1) is 12.1. The van der Waals surface area contributed by atoms with Crippen molar-refractivity contribution < 1.29 is 13.9 Å². The minimum atomic E-state index is -0.497. The monoisotopic (exact) mass is 384 g/mol. The quantitative estimate of drug-likeness (QED) is 0.623. The number of amides is 1. The third-order valence-electron chi connectivity index (χ3n) is 4.79. The molecule has 2 aliphatic heterocycles. The van der Waals surface area contributed by atoms with Crippen LogP contribution in [-0.4, -0.2) is 47.7 Å². The molecule has 1 spiro atoms. The normalized spacial score (nSPS) is 20.8. The summed E-state index contributed by atoms with van der Waals surface area (Å²) in [7, 11) is 0. The van der Waals surface area contributed by atoms with Crippen molar-refractivity contribution in [3.63, 3.8) is 0 Å². The number of likely N-dealkylation sites (tertiary alicyclic amines) is 2. The van der Waals surface area contributed by atoms with Crippen molar-refractivity contribution in [3.05, 3.63) is 35.3 Å². The average molecular weight is 385 g/mol. The fourth-order valence-electron chi connectivity index (χ4n) is 3.48. The number of carbonyl (C=O) groups excluding carboxylic acids is 1. The summed E-state index contributed by atoms with van der Waals surface area (Å²) < 4.78 is 18.8. The minimum absolute atomic E-state index is 0.165. The first-order valence-electron chi connectivity index (χ1n) is 9.20. The molecule has 0 atom stereocenters. The van der Waals surface area contributed by atoms with Crippen LogP contribution in [0.15, 0.2) is 35.3 Å². The van der Waals surface area contributed by atoms with Crippen LogP contribution in [0.3, 0.4) is 0 Å². The summed E-state index contributed by atoms with van der Waals surface area (Å²) in [5.74, 6) is -0.497. The molecule has 146 valence electrons. The van der Waals surface area contributed by atoms with Crippen LogP contribution < -0.4 is 0 Å². The van der Waals surface area contributed by atoms with E-state index in [4.69, 9.17) is 16.3 Å². The standard InChI is InChI=1S/C20H30ClFN2O2/c1-6-7-16(21)17(12-15(2)22)24-13-20(14-24)8-10-23(11-9-20)18(25)26-19(3,4)5/h7,12H,2,6,8-11,13-14H2,1,3-5H3. The van der Waals surface area contributed by atoms with Crippen molar-refractivity contribution in [2.75, 3.05) is 26.2 Å². The number of rotatable bonds is 4. The van der Waals surface area contributed by atoms with E-state index in [1.165, 1.54) is 6.08 Å². The largest absolute Gasteiger partial charge is 0.444 e. The van der Waals surface area contributed by atoms with E-state index < -0.39 is 11.4 Å². The second kappa shape index (κ2) is 8.03. The Labute approximate surface area is 161 Å². The lowest BCUT2D eigenvalue weighted by atomic mass is 9.71. The molecule has 2 saturated heterocycles. The van der Waals surface area contributed by atoms with Crippen LogP contribution in [0.1, 0.15) is 47.0 Å². The molecule has 2 aliphatic rings. The van der Waals surface area contributed by atoms with E-state index >= 15 is 0 Å². The highest BCUT2D eigenvalue weighted by atomic mass is 35.5. The molecule has 0 N–H and O–H groups in total. The van der Waals surface area contributed by atoms with Gasteiger partial charge in [0, 0.05) is 31.6 Å². The van der Waals surface area contributed by atoms with Gasteiger partial charge in [-0.3, -0.25) is 0 Å². The molecule has 2 heterocycles. The number of allylic oxidation sites excluding steroid dienone is 4. The zero-order valence-electron chi connectivity index (χ0n) is 16.3. The van der Waals surface area contributed by atoms with Gasteiger partial charge in [-0.2, -0.15) is 0 Å². The molecule has 0 aromatic heterocycles. The SMILES string of the molecule is C=C(F)C=C(C(Cl)=CCC)N1CC2(CCN(C(=O)OC(C)(C)C)CC2)C1. The number of hydrogen-bond acceptors (Lipinski definition) is 3. The van der Waals surface area contributed by atoms with Crippen LogP contribution in [0.2, 0.25) is 0 Å². The smallest absolute Gasteiger partial charge is 0.410 e. The van der Waals surface area contributed by atoms with Crippen molar-refractivity contribution in [1.29, 1.82) is 0 Å². The van der Waals surface area contributed by atoms with Crippen molar-refractivity contribution >= 4 is 17.7 Å². The predicted octanol–water partition coefficient (Wildman–Crippen LogP) is 5.22. The van der Waals surface area contributed by atoms with E-state index in [0.29, 0.717) is 23.8 Å². The molecule has 0 radical (unpaired) electrons. The van der Waals surface area contributed by atoms with Gasteiger partial charge in [0.1, 0.15) is 11.4 Å². The van der Waals surface area contributed by atoms with Crippen LogP contribution in [0.25, 0.3) is 0 Å². The Morgan fingerprint density at radius 1 is 1.27 bits per heavy atom. The van der Waals surface area contributed by atoms with Crippen molar-refractivity contribution in [1.82, 2.24) is 9.80 Å². The average Bonchev–Trinajstić information content (AvgIpc) is 2.49. The fraction of sp³-hybridized carbons (Fsp3) is 0.650. The molecule has 0 unspecified atom stereocenters. The molecule has 4 nitrogen and oxygen atoms in total. The van der Waals surface area contributed by atoms with Gasteiger partial charge >= 0.3 is 6.09 Å². The van der Waals surface area contributed by atoms with Gasteiger partial charge in [0.05, 0.1) is 10.7 Å². The fourth-order valence-corrected chi connectivity index (χ4v) is 3.81. The Balaban J connectivity index is 1.94. The van der Waals surface area contributed by atoms with E-state index in [1.54, 1.807) is 4.90 Å². The molecule has 0 aromatic carbocycles. The third-order valence-corrected chi connectivity index (χ3v) is 5.14. The molecule has 0 saturated carbocycles. The first-order valence-corrected chi connectivity index (χ1v) is 9.58. The van der Waals surface area contributed by atoms with Gasteiger partial charge in [-0.1, -0.05) is 31.2 Å². The van der Waals surface area contributed by atoms with Gasteiger partial charge < -0.3 is 14.5 Å². The zero-order chi connectivity index (χ0) is 19.5. The Morgan fingerprint density at radius 2 is 1.85 bits per heavy atom. The number of piperidine rings is 1. The number of carbonyl (C=O) groups is 1. The van der Waals surface area contributed by atoms with Gasteiger partial charge in [-0.05, 0) is 46.1 Å². The van der Waals surface area contributed by atoms with E-state index in [-0.39, 0.29) is 11.5 Å². The molecular weight excluding hydrogens is 355 g/mol. The maximum absolute atomic E-state index is 13.3. The number of ether oxygens (including phenoxy) is 1. The number of halogens is 2. The summed E-state index contributed by atoms with van der Waals surface area (Å²) in [6.45, 7) is 14.0. The summed E-state index contributed by atoms with van der Waals surface area (Å²) in [6, 6.07) is 0. The summed E-state index contributed by atoms with van der Waals surface area (Å²) in [6.07, 6.45) is 5.66. The molecule has 0 aliphatic carbocycles. The van der Waals surface area contributed by atoms with Gasteiger partial charge in [0.15, 0.2) is 0 Å². The second-order valence-corrected chi connectivity index (χ2v) is 8.67. The van der Waals surface area contributed by atoms with Crippen molar-refractivity contribution in [3.8, 4) is 0 Å². The van der Waals surface area contributed by atoms with E-state index in [0.717, 1.165) is 32.4 Å². The third kappa shape index (κ3) is 5.26. The lowest BCUT2D eigenvalue weighted by Gasteiger charge is -2.55. The first kappa shape index (κ1) is 20.8. The van der Waals surface area contributed by atoms with Crippen LogP contribution in [-0.2, 0) is 4.74 Å². The molecule has 2 fully saturated rings. The van der Waals surface area contributed by atoms with Gasteiger partial charge in [0.25, 0.3) is 0 Å². The van der Waals surface area contributed by atoms with Gasteiger partial charge in [-0.15, -0.1) is 0 Å². The van der Waals surface area contributed by atoms with Gasteiger partial charge in [0.2, 0.25) is 0 Å². The lowest BCUT2D eigenvalue weighted by molar-refractivity contribution is -0.0346. The minimum Gasteiger partial charge on any atom is -0.444 e. The summed E-state index contributed by atoms with van der Waals surface area (Å²) in [5, 5.41) is 0.562. The summed E-state index contributed by atoms with van der Waals surface area (Å²) >= 11 is 6.33. The van der Waals surface area contributed by atoms with Crippen LogP contribution >= 0.6 is 11.6 Å². The molecular formula is C20H30ClFN2O2. The topological polar surface area (TPSA) is 32.8 Å². The number of nitrogens with zero attached hydrogens (tertiary/aromatic N) is 2. The summed E-state index contributed by atoms with van der Waals surface area (Å²) in [4.78, 5) is 16.1. The lowest BCUT2D eigenvalue weighted by Crippen LogP contribution is -2.60. The Hall–Kier alpha value is -1.49. The maximum atomic E-state index is 13.3. The van der Waals surface area contributed by atoms with E-state index in [9.17, 15) is 9.18 Å². The molecule has 26 heavy (non-hydrogen) atoms. The Bertz CT molecular complexity index is 606. The number of hydrogen-bond donors (Lipinski definition) is 0. The highest BCUT2D eigenvalue weighted by Crippen LogP contribution is 2.44. The predicted molar refractivity (Wildman–Crippen MR) is 104 cm³/mol.